The molecule has 0 unspecified atom stereocenters. The van der Waals surface area contributed by atoms with E-state index in [0.717, 1.165) is 21.5 Å². The van der Waals surface area contributed by atoms with Crippen LogP contribution in [0.5, 0.6) is 5.75 Å². The molecule has 0 N–H and O–H groups in total. The van der Waals surface area contributed by atoms with Crippen LogP contribution in [0.2, 0.25) is 0 Å². The predicted molar refractivity (Wildman–Crippen MR) is 92.6 cm³/mol. The molecule has 0 aliphatic carbocycles. The second-order valence-corrected chi connectivity index (χ2v) is 6.32. The average Bonchev–Trinajstić information content (AvgIpc) is 2.85. The number of benzene rings is 2. The molecule has 124 valence electrons. The van der Waals surface area contributed by atoms with Gasteiger partial charge in [0.05, 0.1) is 23.2 Å². The van der Waals surface area contributed by atoms with E-state index in [2.05, 4.69) is 4.99 Å². The number of ether oxygens (including phenoxy) is 1. The van der Waals surface area contributed by atoms with Crippen molar-refractivity contribution in [1.29, 1.82) is 0 Å². The Balaban J connectivity index is 1.89. The standard InChI is InChI=1S/C18H17FN2O2S/c1-3-23-14-8-9-15-16(11-14)24-18(21(15)2)20-17(22)10-12-4-6-13(19)7-5-12/h4-9,11H,3,10H2,1-2H3. The minimum absolute atomic E-state index is 0.152. The molecule has 0 atom stereocenters. The van der Waals surface area contributed by atoms with Crippen molar-refractivity contribution in [2.45, 2.75) is 13.3 Å². The maximum Gasteiger partial charge on any atom is 0.252 e. The zero-order chi connectivity index (χ0) is 17.1. The molecule has 1 heterocycles. The van der Waals surface area contributed by atoms with E-state index in [9.17, 15) is 9.18 Å². The smallest absolute Gasteiger partial charge is 0.252 e. The molecular weight excluding hydrogens is 327 g/mol. The van der Waals surface area contributed by atoms with E-state index < -0.39 is 0 Å². The van der Waals surface area contributed by atoms with Crippen molar-refractivity contribution in [3.05, 3.63) is 58.6 Å². The first-order valence-electron chi connectivity index (χ1n) is 7.61. The first-order chi connectivity index (χ1) is 11.6. The molecule has 0 aliphatic heterocycles. The third kappa shape index (κ3) is 3.54. The van der Waals surface area contributed by atoms with Crippen molar-refractivity contribution < 1.29 is 13.9 Å². The van der Waals surface area contributed by atoms with E-state index in [0.29, 0.717) is 11.4 Å². The molecule has 3 aromatic rings. The van der Waals surface area contributed by atoms with E-state index >= 15 is 0 Å². The van der Waals surface area contributed by atoms with Gasteiger partial charge in [0.15, 0.2) is 4.80 Å². The van der Waals surface area contributed by atoms with Crippen LogP contribution in [0.4, 0.5) is 4.39 Å². The Labute approximate surface area is 142 Å². The highest BCUT2D eigenvalue weighted by atomic mass is 32.1. The third-order valence-corrected chi connectivity index (χ3v) is 4.68. The summed E-state index contributed by atoms with van der Waals surface area (Å²) in [4.78, 5) is 17.0. The number of rotatable bonds is 4. The molecule has 0 fully saturated rings. The SMILES string of the molecule is CCOc1ccc2c(c1)sc(=NC(=O)Cc1ccc(F)cc1)n2C. The number of thiazole rings is 1. The Morgan fingerprint density at radius 1 is 1.25 bits per heavy atom. The van der Waals surface area contributed by atoms with Crippen LogP contribution in [-0.2, 0) is 18.3 Å². The fourth-order valence-electron chi connectivity index (χ4n) is 2.40. The molecule has 4 nitrogen and oxygen atoms in total. The molecule has 1 amide bonds. The Kier molecular flexibility index (Phi) is 4.76. The van der Waals surface area contributed by atoms with Gasteiger partial charge in [0.1, 0.15) is 11.6 Å². The number of amides is 1. The Morgan fingerprint density at radius 3 is 2.71 bits per heavy atom. The Bertz CT molecular complexity index is 942. The van der Waals surface area contributed by atoms with Gasteiger partial charge < -0.3 is 9.30 Å². The molecule has 0 spiro atoms. The minimum atomic E-state index is -0.316. The van der Waals surface area contributed by atoms with Gasteiger partial charge in [0, 0.05) is 7.05 Å². The van der Waals surface area contributed by atoms with Gasteiger partial charge in [0.25, 0.3) is 5.91 Å². The number of halogens is 1. The number of nitrogens with zero attached hydrogens (tertiary/aromatic N) is 2. The number of carbonyl (C=O) groups is 1. The summed E-state index contributed by atoms with van der Waals surface area (Å²) < 4.78 is 21.3. The van der Waals surface area contributed by atoms with Crippen LogP contribution in [0.1, 0.15) is 12.5 Å². The maximum absolute atomic E-state index is 12.9. The summed E-state index contributed by atoms with van der Waals surface area (Å²) in [5.41, 5.74) is 1.74. The third-order valence-electron chi connectivity index (χ3n) is 3.58. The first kappa shape index (κ1) is 16.4. The molecular formula is C18H17FN2O2S. The Morgan fingerprint density at radius 2 is 2.00 bits per heavy atom. The molecule has 6 heteroatoms. The van der Waals surface area contributed by atoms with E-state index in [1.54, 1.807) is 12.1 Å². The lowest BCUT2D eigenvalue weighted by Crippen LogP contribution is -2.14. The summed E-state index contributed by atoms with van der Waals surface area (Å²) in [6.45, 7) is 2.55. The van der Waals surface area contributed by atoms with Crippen LogP contribution in [0, 0.1) is 5.82 Å². The van der Waals surface area contributed by atoms with Crippen LogP contribution in [0.3, 0.4) is 0 Å². The van der Waals surface area contributed by atoms with Crippen LogP contribution < -0.4 is 9.54 Å². The lowest BCUT2D eigenvalue weighted by Gasteiger charge is -2.02. The summed E-state index contributed by atoms with van der Waals surface area (Å²) in [6, 6.07) is 11.7. The molecule has 3 rings (SSSR count). The van der Waals surface area contributed by atoms with Crippen molar-refractivity contribution >= 4 is 27.5 Å². The summed E-state index contributed by atoms with van der Waals surface area (Å²) >= 11 is 1.44. The summed E-state index contributed by atoms with van der Waals surface area (Å²) in [7, 11) is 1.88. The molecule has 0 saturated carbocycles. The number of aryl methyl sites for hydroxylation is 1. The average molecular weight is 344 g/mol. The second kappa shape index (κ2) is 6.97. The summed E-state index contributed by atoms with van der Waals surface area (Å²) in [6.07, 6.45) is 0.152. The largest absolute Gasteiger partial charge is 0.494 e. The molecule has 0 aliphatic rings. The van der Waals surface area contributed by atoms with Crippen LogP contribution in [-0.4, -0.2) is 17.1 Å². The highest BCUT2D eigenvalue weighted by Crippen LogP contribution is 2.22. The lowest BCUT2D eigenvalue weighted by molar-refractivity contribution is -0.117. The topological polar surface area (TPSA) is 43.6 Å². The number of aromatic nitrogens is 1. The van der Waals surface area contributed by atoms with Gasteiger partial charge in [-0.15, -0.1) is 0 Å². The molecule has 1 aromatic heterocycles. The van der Waals surface area contributed by atoms with Gasteiger partial charge >= 0.3 is 0 Å². The van der Waals surface area contributed by atoms with Crippen molar-refractivity contribution in [2.75, 3.05) is 6.61 Å². The molecule has 0 bridgehead atoms. The van der Waals surface area contributed by atoms with E-state index in [-0.39, 0.29) is 18.1 Å². The van der Waals surface area contributed by atoms with Gasteiger partial charge in [-0.2, -0.15) is 4.99 Å². The zero-order valence-electron chi connectivity index (χ0n) is 13.5. The van der Waals surface area contributed by atoms with Crippen LogP contribution in [0.15, 0.2) is 47.5 Å². The number of hydrogen-bond acceptors (Lipinski definition) is 3. The van der Waals surface area contributed by atoms with Gasteiger partial charge in [-0.3, -0.25) is 4.79 Å². The molecule has 2 aromatic carbocycles. The fourth-order valence-corrected chi connectivity index (χ4v) is 3.46. The molecule has 0 saturated heterocycles. The molecule has 24 heavy (non-hydrogen) atoms. The summed E-state index contributed by atoms with van der Waals surface area (Å²) in [5.74, 6) is 0.231. The monoisotopic (exact) mass is 344 g/mol. The van der Waals surface area contributed by atoms with Gasteiger partial charge in [-0.1, -0.05) is 23.5 Å². The highest BCUT2D eigenvalue weighted by molar-refractivity contribution is 7.16. The van der Waals surface area contributed by atoms with Crippen molar-refractivity contribution in [3.8, 4) is 5.75 Å². The fraction of sp³-hybridized carbons (Fsp3) is 0.222. The van der Waals surface area contributed by atoms with Crippen LogP contribution in [0.25, 0.3) is 10.2 Å². The number of fused-ring (bicyclic) bond motifs is 1. The number of hydrogen-bond donors (Lipinski definition) is 0. The normalized spacial score (nSPS) is 11.9. The Hall–Kier alpha value is -2.47. The zero-order valence-corrected chi connectivity index (χ0v) is 14.3. The maximum atomic E-state index is 12.9. The summed E-state index contributed by atoms with van der Waals surface area (Å²) in [5, 5.41) is 0. The van der Waals surface area contributed by atoms with Gasteiger partial charge in [-0.05, 0) is 42.8 Å². The van der Waals surface area contributed by atoms with Gasteiger partial charge in [0.2, 0.25) is 0 Å². The van der Waals surface area contributed by atoms with Crippen LogP contribution >= 0.6 is 11.3 Å². The van der Waals surface area contributed by atoms with E-state index in [4.69, 9.17) is 4.74 Å². The predicted octanol–water partition coefficient (Wildman–Crippen LogP) is 3.45. The highest BCUT2D eigenvalue weighted by Gasteiger charge is 2.07. The van der Waals surface area contributed by atoms with Gasteiger partial charge in [-0.25, -0.2) is 4.39 Å². The number of carbonyl (C=O) groups excluding carboxylic acids is 1. The van der Waals surface area contributed by atoms with Crippen molar-refractivity contribution in [3.63, 3.8) is 0 Å². The first-order valence-corrected chi connectivity index (χ1v) is 8.43. The van der Waals surface area contributed by atoms with Crippen molar-refractivity contribution in [1.82, 2.24) is 4.57 Å². The molecule has 0 radical (unpaired) electrons. The van der Waals surface area contributed by atoms with E-state index in [1.807, 2.05) is 36.7 Å². The van der Waals surface area contributed by atoms with Crippen molar-refractivity contribution in [2.24, 2.45) is 12.0 Å². The van der Waals surface area contributed by atoms with E-state index in [1.165, 1.54) is 23.5 Å². The lowest BCUT2D eigenvalue weighted by atomic mass is 10.1. The quantitative estimate of drug-likeness (QED) is 0.728. The second-order valence-electron chi connectivity index (χ2n) is 5.31. The minimum Gasteiger partial charge on any atom is -0.494 e.